The number of imide groups is 1. The first kappa shape index (κ1) is 46.6. The predicted octanol–water partition coefficient (Wildman–Crippen LogP) is 1.28. The lowest BCUT2D eigenvalue weighted by Crippen LogP contribution is -2.54. The Morgan fingerprint density at radius 2 is 1.83 bits per heavy atom. The van der Waals surface area contributed by atoms with Gasteiger partial charge in [0, 0.05) is 61.2 Å². The number of aromatic amines is 1. The molecule has 6 atom stereocenters. The number of rotatable bonds is 20. The third-order valence-corrected chi connectivity index (χ3v) is 11.3. The van der Waals surface area contributed by atoms with Crippen LogP contribution in [-0.2, 0) is 35.1 Å². The quantitative estimate of drug-likeness (QED) is 0.0730. The molecule has 3 heterocycles. The SMILES string of the molecule is Cc1cn(CC[C@@H](COCCO[C@@H](CCN2CC(C)C(=O)NC2=O)CNC(=S)NC2=CC(C(=O)O)C(C3=C4C=CC(=O)CC4Oc4cc(O)ccc43)C=C2)OCCO)c(=O)[nH]c1=O. The van der Waals surface area contributed by atoms with Gasteiger partial charge < -0.3 is 54.4 Å². The summed E-state index contributed by atoms with van der Waals surface area (Å²) >= 11 is 5.62. The number of nitrogens with zero attached hydrogens (tertiary/aromatic N) is 2. The van der Waals surface area contributed by atoms with Gasteiger partial charge in [-0.3, -0.25) is 29.5 Å². The minimum absolute atomic E-state index is 0.0270. The van der Waals surface area contributed by atoms with Gasteiger partial charge in [0.1, 0.15) is 17.6 Å². The van der Waals surface area contributed by atoms with Crippen molar-refractivity contribution in [1.82, 2.24) is 30.4 Å². The molecule has 0 bridgehead atoms. The number of allylic oxidation sites excluding steroid dienone is 4. The molecule has 2 aliphatic heterocycles. The first-order valence-corrected chi connectivity index (χ1v) is 21.1. The number of phenols is 1. The van der Waals surface area contributed by atoms with Gasteiger partial charge in [0.25, 0.3) is 5.56 Å². The van der Waals surface area contributed by atoms with Gasteiger partial charge in [-0.25, -0.2) is 9.59 Å². The number of carboxylic acid groups (broad SMARTS) is 1. The van der Waals surface area contributed by atoms with E-state index in [4.69, 9.17) is 31.2 Å². The second kappa shape index (κ2) is 21.4. The minimum Gasteiger partial charge on any atom is -0.508 e. The number of thiocarbonyl (C=S) groups is 1. The average Bonchev–Trinajstić information content (AvgIpc) is 3.24. The first-order valence-electron chi connectivity index (χ1n) is 20.6. The van der Waals surface area contributed by atoms with Gasteiger partial charge in [0.2, 0.25) is 5.91 Å². The van der Waals surface area contributed by atoms with E-state index >= 15 is 0 Å². The minimum atomic E-state index is -1.09. The molecule has 2 aliphatic carbocycles. The van der Waals surface area contributed by atoms with E-state index in [1.54, 1.807) is 44.2 Å². The summed E-state index contributed by atoms with van der Waals surface area (Å²) in [5.41, 5.74) is 1.81. The third kappa shape index (κ3) is 12.2. The van der Waals surface area contributed by atoms with Crippen LogP contribution >= 0.6 is 12.2 Å². The summed E-state index contributed by atoms with van der Waals surface area (Å²) in [5, 5.41) is 38.7. The summed E-state index contributed by atoms with van der Waals surface area (Å²) in [6, 6.07) is 4.13. The van der Waals surface area contributed by atoms with Crippen LogP contribution in [0.25, 0.3) is 5.57 Å². The molecule has 338 valence electrons. The topological polar surface area (TPSA) is 260 Å². The van der Waals surface area contributed by atoms with Crippen molar-refractivity contribution in [3.8, 4) is 11.5 Å². The molecule has 4 unspecified atom stereocenters. The summed E-state index contributed by atoms with van der Waals surface area (Å²) in [7, 11) is 0. The Morgan fingerprint density at radius 1 is 1.05 bits per heavy atom. The molecule has 0 spiro atoms. The van der Waals surface area contributed by atoms with E-state index in [0.717, 1.165) is 0 Å². The van der Waals surface area contributed by atoms with Crippen LogP contribution in [-0.4, -0.2) is 130 Å². The summed E-state index contributed by atoms with van der Waals surface area (Å²) in [6.07, 6.45) is 8.82. The second-order valence-electron chi connectivity index (χ2n) is 15.6. The Kier molecular flexibility index (Phi) is 15.8. The van der Waals surface area contributed by atoms with Crippen molar-refractivity contribution < 1.29 is 53.4 Å². The number of aliphatic carboxylic acids is 1. The molecule has 1 fully saturated rings. The van der Waals surface area contributed by atoms with Gasteiger partial charge in [0.05, 0.1) is 63.5 Å². The van der Waals surface area contributed by atoms with Crippen molar-refractivity contribution in [1.29, 1.82) is 0 Å². The van der Waals surface area contributed by atoms with Crippen molar-refractivity contribution in [3.05, 3.63) is 98.0 Å². The molecule has 19 nitrogen and oxygen atoms in total. The van der Waals surface area contributed by atoms with Crippen molar-refractivity contribution in [2.45, 2.75) is 58.0 Å². The highest BCUT2D eigenvalue weighted by molar-refractivity contribution is 7.80. The molecule has 63 heavy (non-hydrogen) atoms. The van der Waals surface area contributed by atoms with Crippen LogP contribution in [0, 0.1) is 24.7 Å². The molecule has 20 heteroatoms. The number of fused-ring (bicyclic) bond motifs is 2. The number of ether oxygens (including phenoxy) is 4. The summed E-state index contributed by atoms with van der Waals surface area (Å²) in [4.78, 5) is 77.5. The normalized spacial score (nSPS) is 21.5. The van der Waals surface area contributed by atoms with E-state index in [9.17, 15) is 44.1 Å². The van der Waals surface area contributed by atoms with Crippen LogP contribution in [0.4, 0.5) is 4.79 Å². The molecule has 2 aromatic rings. The van der Waals surface area contributed by atoms with Gasteiger partial charge in [-0.05, 0) is 73.5 Å². The molecule has 6 rings (SSSR count). The fourth-order valence-corrected chi connectivity index (χ4v) is 7.91. The van der Waals surface area contributed by atoms with E-state index in [2.05, 4.69) is 20.9 Å². The monoisotopic (exact) mass is 892 g/mol. The van der Waals surface area contributed by atoms with Gasteiger partial charge in [0.15, 0.2) is 10.9 Å². The number of aliphatic hydroxyl groups is 1. The number of urea groups is 1. The Hall–Kier alpha value is -5.93. The number of aromatic hydroxyl groups is 1. The number of carbonyl (C=O) groups is 4. The molecular formula is C43H52N6O13S. The molecular weight excluding hydrogens is 841 g/mol. The van der Waals surface area contributed by atoms with Crippen LogP contribution in [0.2, 0.25) is 0 Å². The Balaban J connectivity index is 1.07. The molecule has 1 saturated heterocycles. The third-order valence-electron chi connectivity index (χ3n) is 11.0. The number of nitrogens with one attached hydrogen (secondary N) is 4. The lowest BCUT2D eigenvalue weighted by molar-refractivity contribution is -0.140. The fourth-order valence-electron chi connectivity index (χ4n) is 7.71. The highest BCUT2D eigenvalue weighted by Crippen LogP contribution is 2.47. The van der Waals surface area contributed by atoms with Gasteiger partial charge in [-0.15, -0.1) is 0 Å². The summed E-state index contributed by atoms with van der Waals surface area (Å²) in [5.74, 6) is -3.31. The number of hydrogen-bond donors (Lipinski definition) is 7. The number of benzene rings is 1. The van der Waals surface area contributed by atoms with Gasteiger partial charge in [-0.2, -0.15) is 0 Å². The predicted molar refractivity (Wildman–Crippen MR) is 231 cm³/mol. The first-order chi connectivity index (χ1) is 30.2. The molecule has 0 radical (unpaired) electrons. The number of H-pyrrole nitrogens is 1. The van der Waals surface area contributed by atoms with E-state index in [0.29, 0.717) is 46.6 Å². The van der Waals surface area contributed by atoms with Gasteiger partial charge >= 0.3 is 17.7 Å². The maximum atomic E-state index is 12.8. The zero-order valence-electron chi connectivity index (χ0n) is 34.9. The highest BCUT2D eigenvalue weighted by Gasteiger charge is 2.39. The maximum Gasteiger partial charge on any atom is 0.328 e. The second-order valence-corrected chi connectivity index (χ2v) is 16.0. The zero-order valence-corrected chi connectivity index (χ0v) is 35.7. The molecule has 1 aromatic heterocycles. The summed E-state index contributed by atoms with van der Waals surface area (Å²) in [6.45, 7) is 4.50. The average molecular weight is 893 g/mol. The van der Waals surface area contributed by atoms with E-state index in [1.165, 1.54) is 33.9 Å². The Labute approximate surface area is 367 Å². The van der Waals surface area contributed by atoms with Crippen molar-refractivity contribution in [2.75, 3.05) is 52.7 Å². The molecule has 0 saturated carbocycles. The molecule has 1 aromatic carbocycles. The van der Waals surface area contributed by atoms with Crippen LogP contribution in [0.1, 0.15) is 37.3 Å². The van der Waals surface area contributed by atoms with Crippen molar-refractivity contribution in [3.63, 3.8) is 0 Å². The maximum absolute atomic E-state index is 12.8. The number of aromatic nitrogens is 2. The lowest BCUT2D eigenvalue weighted by atomic mass is 9.74. The number of ketones is 1. The fraction of sp³-hybridized carbons (Fsp3) is 0.465. The van der Waals surface area contributed by atoms with Crippen LogP contribution in [0.15, 0.2) is 75.6 Å². The zero-order chi connectivity index (χ0) is 45.2. The van der Waals surface area contributed by atoms with Crippen LogP contribution < -0.4 is 31.9 Å². The number of hydrogen-bond acceptors (Lipinski definition) is 13. The van der Waals surface area contributed by atoms with E-state index in [1.807, 2.05) is 0 Å². The van der Waals surface area contributed by atoms with Crippen molar-refractivity contribution >= 4 is 46.6 Å². The number of aryl methyl sites for hydroxylation is 2. The number of aliphatic hydroxyl groups excluding tert-OH is 1. The molecule has 3 amide bonds. The largest absolute Gasteiger partial charge is 0.508 e. The number of phenolic OH excluding ortho intramolecular Hbond substituents is 1. The number of amides is 3. The smallest absolute Gasteiger partial charge is 0.328 e. The Morgan fingerprint density at radius 3 is 2.60 bits per heavy atom. The van der Waals surface area contributed by atoms with Crippen LogP contribution in [0.3, 0.4) is 0 Å². The highest BCUT2D eigenvalue weighted by atomic mass is 32.1. The summed E-state index contributed by atoms with van der Waals surface area (Å²) < 4.78 is 25.2. The Bertz CT molecular complexity index is 2320. The van der Waals surface area contributed by atoms with E-state index in [-0.39, 0.29) is 94.1 Å². The number of carbonyl (C=O) groups excluding carboxylic acids is 3. The number of carboxylic acids is 1. The molecule has 7 N–H and O–H groups in total. The van der Waals surface area contributed by atoms with E-state index < -0.39 is 53.4 Å². The van der Waals surface area contributed by atoms with Crippen molar-refractivity contribution in [2.24, 2.45) is 17.8 Å². The van der Waals surface area contributed by atoms with Gasteiger partial charge in [-0.1, -0.05) is 19.1 Å². The lowest BCUT2D eigenvalue weighted by Gasteiger charge is -2.36. The molecule has 4 aliphatic rings. The standard InChI is InChI=1S/C43H52N6O13S/c1-24-21-48(42(57)46-38(24)53)11-9-29(61-16-15-59-23-30(60-14-13-50)10-12-49-22-25(2)39(54)47-43(49)58)20-44-41(63)45-26-3-6-31(34(17-26)40(55)56)37-32-7-4-27(51)18-35(32)62-36-19-28(52)5-8-33(36)37/h3-8,17-18,22,24,29-31,34,36,50-51H,9-16,19-21,23H2,1-2H3,(H,55,56)(H2,44,45,63)(H,46,53,57)(H,47,54,58)/t24?,29-,30-,31?,34?,36?/m0/s1. The van der Waals surface area contributed by atoms with Crippen LogP contribution in [0.5, 0.6) is 11.5 Å².